The lowest BCUT2D eigenvalue weighted by molar-refractivity contribution is -0.134. The number of aromatic nitrogens is 1. The van der Waals surface area contributed by atoms with Crippen molar-refractivity contribution in [2.75, 3.05) is 27.8 Å². The Kier molecular flexibility index (Phi) is 7.42. The molecule has 1 aliphatic heterocycles. The molecule has 3 heterocycles. The second kappa shape index (κ2) is 10.5. The van der Waals surface area contributed by atoms with Crippen LogP contribution >= 0.6 is 22.7 Å². The topological polar surface area (TPSA) is 67.3 Å². The Morgan fingerprint density at radius 1 is 1.21 bits per heavy atom. The molecule has 1 unspecified atom stereocenters. The molecule has 1 aliphatic rings. The van der Waals surface area contributed by atoms with Gasteiger partial charge in [0.15, 0.2) is 11.5 Å². The molecule has 7 nitrogen and oxygen atoms in total. The molecule has 0 fully saturated rings. The summed E-state index contributed by atoms with van der Waals surface area (Å²) in [6.07, 6.45) is 1.58. The molecule has 0 spiro atoms. The molecule has 174 valence electrons. The van der Waals surface area contributed by atoms with Gasteiger partial charge in [0.25, 0.3) is 5.91 Å². The van der Waals surface area contributed by atoms with Crippen LogP contribution in [0.1, 0.15) is 40.5 Å². The van der Waals surface area contributed by atoms with E-state index >= 15 is 0 Å². The number of amides is 1. The number of hydrogen-bond donors (Lipinski definition) is 0. The summed E-state index contributed by atoms with van der Waals surface area (Å²) in [5, 5.41) is 11.6. The first-order valence-electron chi connectivity index (χ1n) is 10.8. The van der Waals surface area contributed by atoms with E-state index in [-0.39, 0.29) is 18.5 Å². The summed E-state index contributed by atoms with van der Waals surface area (Å²) < 4.78 is 10.9. The maximum absolute atomic E-state index is 13.4. The average molecular weight is 485 g/mol. The van der Waals surface area contributed by atoms with Gasteiger partial charge in [-0.05, 0) is 42.6 Å². The van der Waals surface area contributed by atoms with E-state index in [4.69, 9.17) is 14.6 Å². The first-order valence-corrected chi connectivity index (χ1v) is 12.6. The Morgan fingerprint density at radius 2 is 2.03 bits per heavy atom. The van der Waals surface area contributed by atoms with E-state index in [0.29, 0.717) is 24.5 Å². The van der Waals surface area contributed by atoms with Crippen molar-refractivity contribution < 1.29 is 14.3 Å². The number of thiophene rings is 1. The monoisotopic (exact) mass is 484 g/mol. The maximum Gasteiger partial charge on any atom is 0.257 e. The van der Waals surface area contributed by atoms with E-state index in [1.165, 1.54) is 0 Å². The summed E-state index contributed by atoms with van der Waals surface area (Å²) in [5.41, 5.74) is 2.88. The third kappa shape index (κ3) is 5.26. The van der Waals surface area contributed by atoms with Gasteiger partial charge in [-0.3, -0.25) is 9.69 Å². The third-order valence-electron chi connectivity index (χ3n) is 5.50. The fourth-order valence-corrected chi connectivity index (χ4v) is 5.33. The average Bonchev–Trinajstić information content (AvgIpc) is 3.58. The van der Waals surface area contributed by atoms with Crippen LogP contribution in [-0.2, 0) is 17.8 Å². The van der Waals surface area contributed by atoms with Gasteiger partial charge in [-0.2, -0.15) is 5.10 Å². The number of methoxy groups -OCH3 is 2. The fraction of sp³-hybridized carbons (Fsp3) is 0.375. The number of hydrazone groups is 1. The number of carbonyl (C=O) groups excluding carboxylic acids is 1. The fourth-order valence-electron chi connectivity index (χ4n) is 3.87. The minimum absolute atomic E-state index is 0.0465. The van der Waals surface area contributed by atoms with Crippen molar-refractivity contribution in [1.29, 1.82) is 0 Å². The molecule has 0 bridgehead atoms. The summed E-state index contributed by atoms with van der Waals surface area (Å²) in [6, 6.07) is 9.63. The molecular formula is C24H28N4O3S2. The molecule has 3 aromatic rings. The maximum atomic E-state index is 13.4. The Labute approximate surface area is 202 Å². The molecule has 33 heavy (non-hydrogen) atoms. The van der Waals surface area contributed by atoms with Gasteiger partial charge in [-0.15, -0.1) is 22.7 Å². The van der Waals surface area contributed by atoms with Crippen LogP contribution in [0.4, 0.5) is 0 Å². The molecule has 1 amide bonds. The van der Waals surface area contributed by atoms with Crippen LogP contribution in [0.25, 0.3) is 0 Å². The zero-order chi connectivity index (χ0) is 23.4. The Balaban J connectivity index is 1.55. The summed E-state index contributed by atoms with van der Waals surface area (Å²) in [7, 11) is 5.17. The smallest absolute Gasteiger partial charge is 0.257 e. The molecule has 0 radical (unpaired) electrons. The second-order valence-corrected chi connectivity index (χ2v) is 9.75. The summed E-state index contributed by atoms with van der Waals surface area (Å²) in [5.74, 6) is 1.25. The lowest BCUT2D eigenvalue weighted by atomic mass is 10.0. The van der Waals surface area contributed by atoms with Crippen molar-refractivity contribution in [2.24, 2.45) is 5.10 Å². The number of hydrogen-bond acceptors (Lipinski definition) is 8. The van der Waals surface area contributed by atoms with Crippen LogP contribution < -0.4 is 9.47 Å². The molecule has 1 aromatic carbocycles. The number of carbonyl (C=O) groups is 1. The molecule has 0 saturated carbocycles. The highest BCUT2D eigenvalue weighted by Gasteiger charge is 2.34. The lowest BCUT2D eigenvalue weighted by Crippen LogP contribution is -2.36. The van der Waals surface area contributed by atoms with Gasteiger partial charge in [0, 0.05) is 18.3 Å². The van der Waals surface area contributed by atoms with Gasteiger partial charge in [-0.25, -0.2) is 9.99 Å². The minimum Gasteiger partial charge on any atom is -0.493 e. The number of aryl methyl sites for hydroxylation is 1. The first-order chi connectivity index (χ1) is 16.0. The number of ether oxygens (including phenoxy) is 2. The van der Waals surface area contributed by atoms with Crippen molar-refractivity contribution >= 4 is 34.3 Å². The number of thiazole rings is 1. The van der Waals surface area contributed by atoms with Crippen LogP contribution in [0.3, 0.4) is 0 Å². The Morgan fingerprint density at radius 3 is 2.70 bits per heavy atom. The van der Waals surface area contributed by atoms with Crippen molar-refractivity contribution in [3.8, 4) is 11.5 Å². The number of rotatable bonds is 9. The van der Waals surface area contributed by atoms with Crippen molar-refractivity contribution in [2.45, 2.75) is 32.4 Å². The van der Waals surface area contributed by atoms with Crippen molar-refractivity contribution in [3.05, 3.63) is 62.2 Å². The molecular weight excluding hydrogens is 456 g/mol. The van der Waals surface area contributed by atoms with E-state index in [9.17, 15) is 4.79 Å². The molecule has 0 aliphatic carbocycles. The van der Waals surface area contributed by atoms with E-state index in [1.54, 1.807) is 41.9 Å². The highest BCUT2D eigenvalue weighted by molar-refractivity contribution is 7.12. The predicted molar refractivity (Wildman–Crippen MR) is 132 cm³/mol. The standard InChI is InChI=1S/C24H28N4O3S2/c1-5-23-25-17(15-33-23)13-27(2)14-24(29)28-19(12-18(26-28)22-7-6-10-32-22)16-8-9-20(30-3)21(11-16)31-4/h6-11,15,19H,5,12-14H2,1-4H3. The highest BCUT2D eigenvalue weighted by Crippen LogP contribution is 2.38. The number of nitrogens with zero attached hydrogens (tertiary/aromatic N) is 4. The van der Waals surface area contributed by atoms with Crippen molar-refractivity contribution in [3.63, 3.8) is 0 Å². The zero-order valence-electron chi connectivity index (χ0n) is 19.3. The van der Waals surface area contributed by atoms with Crippen LogP contribution in [0.15, 0.2) is 46.2 Å². The van der Waals surface area contributed by atoms with E-state index in [1.807, 2.05) is 47.7 Å². The predicted octanol–water partition coefficient (Wildman–Crippen LogP) is 4.59. The van der Waals surface area contributed by atoms with Gasteiger partial charge in [0.1, 0.15) is 0 Å². The molecule has 1 atom stereocenters. The second-order valence-electron chi connectivity index (χ2n) is 7.86. The number of likely N-dealkylation sites (N-methyl/N-ethyl adjacent to an activating group) is 1. The van der Waals surface area contributed by atoms with Crippen LogP contribution in [0.2, 0.25) is 0 Å². The summed E-state index contributed by atoms with van der Waals surface area (Å²) >= 11 is 3.30. The largest absolute Gasteiger partial charge is 0.493 e. The minimum atomic E-state index is -0.200. The van der Waals surface area contributed by atoms with E-state index in [2.05, 4.69) is 17.3 Å². The van der Waals surface area contributed by atoms with Gasteiger partial charge in [-0.1, -0.05) is 19.1 Å². The lowest BCUT2D eigenvalue weighted by Gasteiger charge is -2.25. The normalized spacial score (nSPS) is 15.7. The van der Waals surface area contributed by atoms with E-state index in [0.717, 1.165) is 33.3 Å². The zero-order valence-corrected chi connectivity index (χ0v) is 20.9. The third-order valence-corrected chi connectivity index (χ3v) is 7.46. The highest BCUT2D eigenvalue weighted by atomic mass is 32.1. The van der Waals surface area contributed by atoms with Crippen molar-refractivity contribution in [1.82, 2.24) is 14.9 Å². The van der Waals surface area contributed by atoms with Gasteiger partial charge >= 0.3 is 0 Å². The Bertz CT molecular complexity index is 1130. The van der Waals surface area contributed by atoms with E-state index < -0.39 is 0 Å². The number of benzene rings is 1. The summed E-state index contributed by atoms with van der Waals surface area (Å²) in [6.45, 7) is 2.98. The molecule has 4 rings (SSSR count). The molecule has 0 saturated heterocycles. The van der Waals surface area contributed by atoms with Gasteiger partial charge < -0.3 is 9.47 Å². The van der Waals surface area contributed by atoms with Crippen LogP contribution in [-0.4, -0.2) is 54.3 Å². The van der Waals surface area contributed by atoms with Crippen LogP contribution in [0, 0.1) is 0 Å². The molecule has 0 N–H and O–H groups in total. The summed E-state index contributed by atoms with van der Waals surface area (Å²) in [4.78, 5) is 21.1. The van der Waals surface area contributed by atoms with Crippen LogP contribution in [0.5, 0.6) is 11.5 Å². The quantitative estimate of drug-likeness (QED) is 0.444. The molecule has 2 aromatic heterocycles. The molecule has 9 heteroatoms. The SMILES string of the molecule is CCc1nc(CN(C)CC(=O)N2N=C(c3cccs3)CC2c2ccc(OC)c(OC)c2)cs1. The first kappa shape index (κ1) is 23.4. The van der Waals surface area contributed by atoms with Gasteiger partial charge in [0.05, 0.1) is 48.1 Å². The Hall–Kier alpha value is -2.75. The van der Waals surface area contributed by atoms with Gasteiger partial charge in [0.2, 0.25) is 0 Å².